The first-order valence-electron chi connectivity index (χ1n) is 9.04. The van der Waals surface area contributed by atoms with Gasteiger partial charge in [0.2, 0.25) is 0 Å². The normalized spacial score (nSPS) is 55.7. The Morgan fingerprint density at radius 2 is 1.73 bits per heavy atom. The first-order chi connectivity index (χ1) is 10.1. The van der Waals surface area contributed by atoms with Crippen LogP contribution < -0.4 is 0 Å². The van der Waals surface area contributed by atoms with E-state index in [1.807, 2.05) is 0 Å². The molecule has 0 heterocycles. The second-order valence-corrected chi connectivity index (χ2v) is 9.95. The third-order valence-corrected chi connectivity index (χ3v) is 8.20. The van der Waals surface area contributed by atoms with Crippen molar-refractivity contribution in [3.8, 4) is 0 Å². The van der Waals surface area contributed by atoms with Gasteiger partial charge < -0.3 is 5.11 Å². The van der Waals surface area contributed by atoms with Crippen LogP contribution in [-0.2, 0) is 4.79 Å². The van der Waals surface area contributed by atoms with E-state index in [0.29, 0.717) is 29.1 Å². The van der Waals surface area contributed by atoms with Crippen LogP contribution in [0, 0.1) is 33.5 Å². The summed E-state index contributed by atoms with van der Waals surface area (Å²) in [7, 11) is 0. The highest BCUT2D eigenvalue weighted by molar-refractivity contribution is 5.85. The Balaban J connectivity index is 1.78. The van der Waals surface area contributed by atoms with Crippen LogP contribution in [0.4, 0.5) is 0 Å². The maximum absolute atomic E-state index is 12.5. The number of rotatable bonds is 0. The minimum atomic E-state index is -0.771. The number of aliphatic hydroxyl groups is 1. The Hall–Kier alpha value is -0.630. The number of hydrogen-bond acceptors (Lipinski definition) is 2. The maximum Gasteiger partial charge on any atom is 0.162 e. The molecule has 2 bridgehead atoms. The van der Waals surface area contributed by atoms with Crippen LogP contribution >= 0.6 is 0 Å². The van der Waals surface area contributed by atoms with Crippen molar-refractivity contribution in [2.45, 2.75) is 72.3 Å². The topological polar surface area (TPSA) is 37.3 Å². The molecule has 0 aromatic carbocycles. The van der Waals surface area contributed by atoms with Gasteiger partial charge in [-0.3, -0.25) is 4.79 Å². The third-order valence-electron chi connectivity index (χ3n) is 8.20. The van der Waals surface area contributed by atoms with E-state index in [9.17, 15) is 9.90 Å². The van der Waals surface area contributed by atoms with Gasteiger partial charge in [0, 0.05) is 11.8 Å². The Bertz CT molecular complexity index is 562. The largest absolute Gasteiger partial charge is 0.385 e. The Labute approximate surface area is 134 Å². The number of aliphatic hydroxyl groups excluding tert-OH is 1. The molecule has 1 spiro atoms. The smallest absolute Gasteiger partial charge is 0.162 e. The van der Waals surface area contributed by atoms with E-state index in [-0.39, 0.29) is 16.6 Å². The zero-order valence-electron chi connectivity index (χ0n) is 14.5. The summed E-state index contributed by atoms with van der Waals surface area (Å²) in [5.41, 5.74) is 0.507. The lowest BCUT2D eigenvalue weighted by Gasteiger charge is -2.64. The van der Waals surface area contributed by atoms with E-state index >= 15 is 0 Å². The zero-order chi connectivity index (χ0) is 16.0. The number of carbonyl (C=O) groups is 1. The van der Waals surface area contributed by atoms with Gasteiger partial charge in [-0.1, -0.05) is 39.8 Å². The molecule has 122 valence electrons. The molecule has 4 rings (SSSR count). The lowest BCUT2D eigenvalue weighted by molar-refractivity contribution is -0.184. The van der Waals surface area contributed by atoms with Crippen LogP contribution in [-0.4, -0.2) is 17.0 Å². The molecule has 0 aromatic heterocycles. The van der Waals surface area contributed by atoms with Crippen LogP contribution in [0.25, 0.3) is 0 Å². The van der Waals surface area contributed by atoms with E-state index < -0.39 is 6.10 Å². The molecule has 22 heavy (non-hydrogen) atoms. The van der Waals surface area contributed by atoms with Crippen LogP contribution in [0.1, 0.15) is 66.2 Å². The Morgan fingerprint density at radius 1 is 1.05 bits per heavy atom. The van der Waals surface area contributed by atoms with E-state index in [1.165, 1.54) is 25.7 Å². The molecule has 0 radical (unpaired) electrons. The number of ketones is 1. The zero-order valence-corrected chi connectivity index (χ0v) is 14.5. The second kappa shape index (κ2) is 4.06. The Morgan fingerprint density at radius 3 is 2.45 bits per heavy atom. The van der Waals surface area contributed by atoms with Crippen molar-refractivity contribution in [3.05, 3.63) is 12.2 Å². The van der Waals surface area contributed by atoms with Crippen molar-refractivity contribution in [1.82, 2.24) is 0 Å². The molecule has 0 saturated heterocycles. The fraction of sp³-hybridized carbons (Fsp3) is 0.850. The summed E-state index contributed by atoms with van der Waals surface area (Å²) in [5.74, 6) is 1.15. The molecular formula is C20H30O2. The van der Waals surface area contributed by atoms with Crippen LogP contribution in [0.3, 0.4) is 0 Å². The number of Topliss-reactive ketones (excluding diaryl/α,β-unsaturated/α-hetero) is 1. The minimum absolute atomic E-state index is 0.0636. The number of allylic oxidation sites excluding steroid dienone is 2. The van der Waals surface area contributed by atoms with Crippen molar-refractivity contribution in [1.29, 1.82) is 0 Å². The molecule has 1 N–H and O–H groups in total. The number of fused-ring (bicyclic) bond motifs is 3. The molecule has 4 aliphatic carbocycles. The first kappa shape index (κ1) is 14.9. The molecule has 6 atom stereocenters. The highest BCUT2D eigenvalue weighted by Crippen LogP contribution is 2.71. The van der Waals surface area contributed by atoms with E-state index in [2.05, 4.69) is 39.8 Å². The molecule has 3 fully saturated rings. The SMILES string of the molecule is CC1(C)[C@H](O)C(=O)C[C@]2(C)[C@@H]1CC[C@]13C=C[C@](C)(CC[C@H]12)C3. The summed E-state index contributed by atoms with van der Waals surface area (Å²) < 4.78 is 0. The van der Waals surface area contributed by atoms with Gasteiger partial charge in [0.25, 0.3) is 0 Å². The summed E-state index contributed by atoms with van der Waals surface area (Å²) >= 11 is 0. The summed E-state index contributed by atoms with van der Waals surface area (Å²) in [4.78, 5) is 12.5. The molecule has 2 heteroatoms. The molecule has 2 nitrogen and oxygen atoms in total. The number of carbonyl (C=O) groups excluding carboxylic acids is 1. The third kappa shape index (κ3) is 1.63. The van der Waals surface area contributed by atoms with Crippen LogP contribution in [0.15, 0.2) is 12.2 Å². The average molecular weight is 302 g/mol. The molecule has 3 saturated carbocycles. The van der Waals surface area contributed by atoms with Gasteiger partial charge in [0.1, 0.15) is 6.10 Å². The van der Waals surface area contributed by atoms with E-state index in [4.69, 9.17) is 0 Å². The summed E-state index contributed by atoms with van der Waals surface area (Å²) in [6, 6.07) is 0. The van der Waals surface area contributed by atoms with Gasteiger partial charge in [-0.25, -0.2) is 0 Å². The van der Waals surface area contributed by atoms with Crippen molar-refractivity contribution in [3.63, 3.8) is 0 Å². The molecule has 4 aliphatic rings. The van der Waals surface area contributed by atoms with Crippen molar-refractivity contribution in [2.75, 3.05) is 0 Å². The van der Waals surface area contributed by atoms with Crippen molar-refractivity contribution < 1.29 is 9.90 Å². The monoisotopic (exact) mass is 302 g/mol. The number of hydrogen-bond donors (Lipinski definition) is 1. The lowest BCUT2D eigenvalue weighted by atomic mass is 9.40. The standard InChI is InChI=1S/C20H30O2/c1-17(2)14-6-8-20-10-9-18(3,12-20)7-5-15(20)19(14,4)11-13(21)16(17)22/h9-10,14-16,22H,5-8,11-12H2,1-4H3/t14-,15+,16-,18+,19-,20-/m1/s1. The highest BCUT2D eigenvalue weighted by atomic mass is 16.3. The molecule has 0 amide bonds. The highest BCUT2D eigenvalue weighted by Gasteiger charge is 2.65. The quantitative estimate of drug-likeness (QED) is 0.683. The molecular weight excluding hydrogens is 272 g/mol. The summed E-state index contributed by atoms with van der Waals surface area (Å²) in [5, 5.41) is 10.5. The fourth-order valence-corrected chi connectivity index (χ4v) is 7.27. The fourth-order valence-electron chi connectivity index (χ4n) is 7.27. The lowest BCUT2D eigenvalue weighted by Crippen LogP contribution is -2.62. The van der Waals surface area contributed by atoms with Gasteiger partial charge in [0.05, 0.1) is 0 Å². The van der Waals surface area contributed by atoms with Crippen LogP contribution in [0.5, 0.6) is 0 Å². The van der Waals surface area contributed by atoms with Crippen molar-refractivity contribution >= 4 is 5.78 Å². The summed E-state index contributed by atoms with van der Waals surface area (Å²) in [6.45, 7) is 9.01. The van der Waals surface area contributed by atoms with Crippen LogP contribution in [0.2, 0.25) is 0 Å². The second-order valence-electron chi connectivity index (χ2n) is 9.95. The molecule has 0 unspecified atom stereocenters. The van der Waals surface area contributed by atoms with Gasteiger partial charge >= 0.3 is 0 Å². The minimum Gasteiger partial charge on any atom is -0.385 e. The van der Waals surface area contributed by atoms with Crippen molar-refractivity contribution in [2.24, 2.45) is 33.5 Å². The van der Waals surface area contributed by atoms with Gasteiger partial charge in [-0.15, -0.1) is 0 Å². The average Bonchev–Trinajstić information content (AvgIpc) is 2.66. The van der Waals surface area contributed by atoms with Gasteiger partial charge in [-0.2, -0.15) is 0 Å². The predicted molar refractivity (Wildman–Crippen MR) is 87.3 cm³/mol. The predicted octanol–water partition coefficient (Wildman–Crippen LogP) is 4.13. The van der Waals surface area contributed by atoms with Gasteiger partial charge in [0.15, 0.2) is 5.78 Å². The first-order valence-corrected chi connectivity index (χ1v) is 9.04. The maximum atomic E-state index is 12.5. The van der Waals surface area contributed by atoms with E-state index in [0.717, 1.165) is 6.42 Å². The van der Waals surface area contributed by atoms with E-state index in [1.54, 1.807) is 0 Å². The summed E-state index contributed by atoms with van der Waals surface area (Å²) in [6.07, 6.45) is 11.0. The Kier molecular flexibility index (Phi) is 2.76. The van der Waals surface area contributed by atoms with Gasteiger partial charge in [-0.05, 0) is 60.2 Å². The molecule has 0 aromatic rings. The molecule has 0 aliphatic heterocycles.